The SMILES string of the molecule is CCCc1ccc(-c2cc(=O)[nH]c(C)n2)cc1. The smallest absolute Gasteiger partial charge is 0.251 e. The maximum Gasteiger partial charge on any atom is 0.251 e. The van der Waals surface area contributed by atoms with E-state index in [1.54, 1.807) is 6.92 Å². The summed E-state index contributed by atoms with van der Waals surface area (Å²) in [6.07, 6.45) is 2.23. The van der Waals surface area contributed by atoms with Crippen LogP contribution in [0.4, 0.5) is 0 Å². The normalized spacial score (nSPS) is 10.5. The van der Waals surface area contributed by atoms with Crippen molar-refractivity contribution in [1.82, 2.24) is 9.97 Å². The maximum atomic E-state index is 11.4. The molecule has 2 aromatic rings. The highest BCUT2D eigenvalue weighted by Crippen LogP contribution is 2.16. The minimum Gasteiger partial charge on any atom is -0.311 e. The van der Waals surface area contributed by atoms with Crippen LogP contribution < -0.4 is 5.56 Å². The van der Waals surface area contributed by atoms with Gasteiger partial charge in [0.2, 0.25) is 0 Å². The van der Waals surface area contributed by atoms with Crippen LogP contribution in [0, 0.1) is 6.92 Å². The van der Waals surface area contributed by atoms with Gasteiger partial charge in [-0.25, -0.2) is 4.98 Å². The van der Waals surface area contributed by atoms with Gasteiger partial charge in [0.05, 0.1) is 5.69 Å². The van der Waals surface area contributed by atoms with Crippen molar-refractivity contribution >= 4 is 0 Å². The summed E-state index contributed by atoms with van der Waals surface area (Å²) in [5.41, 5.74) is 2.93. The quantitative estimate of drug-likeness (QED) is 0.877. The molecule has 1 N–H and O–H groups in total. The predicted octanol–water partition coefficient (Wildman–Crippen LogP) is 2.70. The molecule has 1 heterocycles. The third-order valence-corrected chi connectivity index (χ3v) is 2.65. The van der Waals surface area contributed by atoms with E-state index in [-0.39, 0.29) is 5.56 Å². The van der Waals surface area contributed by atoms with Crippen LogP contribution in [0.25, 0.3) is 11.3 Å². The van der Waals surface area contributed by atoms with Crippen LogP contribution in [-0.2, 0) is 6.42 Å². The minimum atomic E-state index is -0.106. The molecular formula is C14H16N2O. The van der Waals surface area contributed by atoms with Crippen LogP contribution in [0.1, 0.15) is 24.7 Å². The van der Waals surface area contributed by atoms with Crippen LogP contribution in [0.2, 0.25) is 0 Å². The minimum absolute atomic E-state index is 0.106. The first-order valence-corrected chi connectivity index (χ1v) is 5.86. The van der Waals surface area contributed by atoms with E-state index in [9.17, 15) is 4.79 Å². The molecule has 3 nitrogen and oxygen atoms in total. The van der Waals surface area contributed by atoms with E-state index in [1.165, 1.54) is 11.6 Å². The molecule has 0 radical (unpaired) electrons. The van der Waals surface area contributed by atoms with Crippen molar-refractivity contribution in [1.29, 1.82) is 0 Å². The van der Waals surface area contributed by atoms with Gasteiger partial charge in [-0.2, -0.15) is 0 Å². The van der Waals surface area contributed by atoms with Gasteiger partial charge >= 0.3 is 0 Å². The largest absolute Gasteiger partial charge is 0.311 e. The van der Waals surface area contributed by atoms with E-state index >= 15 is 0 Å². The number of aromatic nitrogens is 2. The van der Waals surface area contributed by atoms with E-state index in [1.807, 2.05) is 12.1 Å². The number of H-pyrrole nitrogens is 1. The van der Waals surface area contributed by atoms with Gasteiger partial charge in [-0.1, -0.05) is 37.6 Å². The number of hydrogen-bond acceptors (Lipinski definition) is 2. The fourth-order valence-corrected chi connectivity index (χ4v) is 1.86. The molecule has 1 aromatic heterocycles. The van der Waals surface area contributed by atoms with Crippen molar-refractivity contribution in [2.24, 2.45) is 0 Å². The van der Waals surface area contributed by atoms with Gasteiger partial charge in [0.25, 0.3) is 5.56 Å². The van der Waals surface area contributed by atoms with Crippen LogP contribution in [-0.4, -0.2) is 9.97 Å². The zero-order valence-electron chi connectivity index (χ0n) is 10.2. The number of rotatable bonds is 3. The van der Waals surface area contributed by atoms with Gasteiger partial charge in [0.1, 0.15) is 5.82 Å². The number of aromatic amines is 1. The summed E-state index contributed by atoms with van der Waals surface area (Å²) < 4.78 is 0. The Morgan fingerprint density at radius 1 is 1.24 bits per heavy atom. The lowest BCUT2D eigenvalue weighted by atomic mass is 10.1. The van der Waals surface area contributed by atoms with E-state index in [4.69, 9.17) is 0 Å². The topological polar surface area (TPSA) is 45.8 Å². The number of nitrogens with one attached hydrogen (secondary N) is 1. The lowest BCUT2D eigenvalue weighted by Crippen LogP contribution is -2.08. The van der Waals surface area contributed by atoms with E-state index in [0.717, 1.165) is 24.1 Å². The molecular weight excluding hydrogens is 212 g/mol. The lowest BCUT2D eigenvalue weighted by Gasteiger charge is -2.03. The average molecular weight is 228 g/mol. The molecule has 17 heavy (non-hydrogen) atoms. The fourth-order valence-electron chi connectivity index (χ4n) is 1.86. The van der Waals surface area contributed by atoms with Crippen LogP contribution >= 0.6 is 0 Å². The highest BCUT2D eigenvalue weighted by atomic mass is 16.1. The molecule has 0 aliphatic carbocycles. The van der Waals surface area contributed by atoms with Crippen LogP contribution in [0.3, 0.4) is 0 Å². The Labute approximate surface area is 101 Å². The molecule has 0 fully saturated rings. The highest BCUT2D eigenvalue weighted by molar-refractivity contribution is 5.58. The Kier molecular flexibility index (Phi) is 3.38. The second-order valence-corrected chi connectivity index (χ2v) is 4.16. The molecule has 0 aliphatic heterocycles. The predicted molar refractivity (Wildman–Crippen MR) is 69.0 cm³/mol. The molecule has 88 valence electrons. The summed E-state index contributed by atoms with van der Waals surface area (Å²) in [6.45, 7) is 3.95. The van der Waals surface area contributed by atoms with E-state index in [2.05, 4.69) is 29.0 Å². The van der Waals surface area contributed by atoms with Gasteiger partial charge < -0.3 is 4.98 Å². The molecule has 0 saturated carbocycles. The Balaban J connectivity index is 2.36. The first kappa shape index (κ1) is 11.6. The summed E-state index contributed by atoms with van der Waals surface area (Å²) in [4.78, 5) is 18.3. The number of nitrogens with zero attached hydrogens (tertiary/aromatic N) is 1. The van der Waals surface area contributed by atoms with E-state index in [0.29, 0.717) is 5.82 Å². The van der Waals surface area contributed by atoms with Crippen molar-refractivity contribution in [2.45, 2.75) is 26.7 Å². The third kappa shape index (κ3) is 2.81. The summed E-state index contributed by atoms with van der Waals surface area (Å²) >= 11 is 0. The van der Waals surface area contributed by atoms with Gasteiger partial charge in [-0.15, -0.1) is 0 Å². The van der Waals surface area contributed by atoms with Gasteiger partial charge in [0.15, 0.2) is 0 Å². The Morgan fingerprint density at radius 3 is 2.53 bits per heavy atom. The number of benzene rings is 1. The molecule has 0 unspecified atom stereocenters. The lowest BCUT2D eigenvalue weighted by molar-refractivity contribution is 0.922. The fraction of sp³-hybridized carbons (Fsp3) is 0.286. The molecule has 0 atom stereocenters. The van der Waals surface area contributed by atoms with Gasteiger partial charge in [0, 0.05) is 11.6 Å². The molecule has 0 spiro atoms. The standard InChI is InChI=1S/C14H16N2O/c1-3-4-11-5-7-12(8-6-11)13-9-14(17)16-10(2)15-13/h5-9H,3-4H2,1-2H3,(H,15,16,17). The van der Waals surface area contributed by atoms with Crippen molar-refractivity contribution in [3.05, 3.63) is 52.1 Å². The molecule has 3 heteroatoms. The molecule has 0 amide bonds. The summed E-state index contributed by atoms with van der Waals surface area (Å²) in [5, 5.41) is 0. The monoisotopic (exact) mass is 228 g/mol. The summed E-state index contributed by atoms with van der Waals surface area (Å²) in [5.74, 6) is 0.644. The highest BCUT2D eigenvalue weighted by Gasteiger charge is 2.01. The summed E-state index contributed by atoms with van der Waals surface area (Å²) in [6, 6.07) is 9.76. The first-order chi connectivity index (χ1) is 8.19. The Hall–Kier alpha value is -1.90. The van der Waals surface area contributed by atoms with Gasteiger partial charge in [-0.05, 0) is 18.9 Å². The zero-order valence-corrected chi connectivity index (χ0v) is 10.2. The number of hydrogen-bond donors (Lipinski definition) is 1. The number of aryl methyl sites for hydroxylation is 2. The Morgan fingerprint density at radius 2 is 1.94 bits per heavy atom. The molecule has 2 rings (SSSR count). The Bertz CT molecular complexity index is 555. The third-order valence-electron chi connectivity index (χ3n) is 2.65. The van der Waals surface area contributed by atoms with Gasteiger partial charge in [-0.3, -0.25) is 4.79 Å². The maximum absolute atomic E-state index is 11.4. The average Bonchev–Trinajstić information content (AvgIpc) is 2.29. The van der Waals surface area contributed by atoms with Crippen molar-refractivity contribution < 1.29 is 0 Å². The first-order valence-electron chi connectivity index (χ1n) is 5.86. The molecule has 0 aliphatic rings. The van der Waals surface area contributed by atoms with E-state index < -0.39 is 0 Å². The van der Waals surface area contributed by atoms with Crippen LogP contribution in [0.15, 0.2) is 35.1 Å². The van der Waals surface area contributed by atoms with Crippen molar-refractivity contribution in [3.8, 4) is 11.3 Å². The molecule has 0 bridgehead atoms. The van der Waals surface area contributed by atoms with Crippen LogP contribution in [0.5, 0.6) is 0 Å². The summed E-state index contributed by atoms with van der Waals surface area (Å²) in [7, 11) is 0. The molecule has 1 aromatic carbocycles. The van der Waals surface area contributed by atoms with Crippen molar-refractivity contribution in [2.75, 3.05) is 0 Å². The second-order valence-electron chi connectivity index (χ2n) is 4.16. The zero-order chi connectivity index (χ0) is 12.3. The second kappa shape index (κ2) is 4.95. The molecule has 0 saturated heterocycles. The van der Waals surface area contributed by atoms with Crippen molar-refractivity contribution in [3.63, 3.8) is 0 Å².